The van der Waals surface area contributed by atoms with Gasteiger partial charge in [0, 0.05) is 26.1 Å². The van der Waals surface area contributed by atoms with Crippen LogP contribution in [0.25, 0.3) is 0 Å². The molecule has 1 N–H and O–H groups in total. The molecular weight excluding hydrogens is 198 g/mol. The lowest BCUT2D eigenvalue weighted by Gasteiger charge is -2.32. The predicted molar refractivity (Wildman–Crippen MR) is 66.8 cm³/mol. The minimum Gasteiger partial charge on any atom is -0.377 e. The number of hydrogen-bond acceptors (Lipinski definition) is 2. The van der Waals surface area contributed by atoms with Crippen LogP contribution in [0, 0.1) is 0 Å². The molecule has 2 rings (SSSR count). The fourth-order valence-electron chi connectivity index (χ4n) is 2.16. The first-order chi connectivity index (χ1) is 7.62. The Kier molecular flexibility index (Phi) is 3.31. The fourth-order valence-corrected chi connectivity index (χ4v) is 2.16. The molecule has 2 heteroatoms. The maximum atomic E-state index is 5.38. The molecule has 0 saturated heterocycles. The van der Waals surface area contributed by atoms with Crippen LogP contribution in [-0.2, 0) is 11.2 Å². The van der Waals surface area contributed by atoms with Crippen molar-refractivity contribution in [2.24, 2.45) is 0 Å². The molecule has 88 valence electrons. The third-order valence-electron chi connectivity index (χ3n) is 3.46. The first kappa shape index (κ1) is 11.6. The summed E-state index contributed by atoms with van der Waals surface area (Å²) in [5, 5.41) is 3.49. The third-order valence-corrected chi connectivity index (χ3v) is 3.46. The van der Waals surface area contributed by atoms with E-state index in [1.165, 1.54) is 17.5 Å². The molecule has 1 atom stereocenters. The van der Waals surface area contributed by atoms with E-state index in [0.29, 0.717) is 5.92 Å². The Labute approximate surface area is 98.0 Å². The lowest BCUT2D eigenvalue weighted by Crippen LogP contribution is -2.40. The second-order valence-corrected chi connectivity index (χ2v) is 5.19. The van der Waals surface area contributed by atoms with E-state index in [-0.39, 0.29) is 5.60 Å². The number of nitrogens with one attached hydrogen (secondary N) is 1. The van der Waals surface area contributed by atoms with Gasteiger partial charge in [0.05, 0.1) is 5.60 Å². The van der Waals surface area contributed by atoms with Gasteiger partial charge in [-0.2, -0.15) is 0 Å². The zero-order chi connectivity index (χ0) is 11.6. The van der Waals surface area contributed by atoms with Crippen molar-refractivity contribution in [3.05, 3.63) is 35.4 Å². The predicted octanol–water partition coefficient (Wildman–Crippen LogP) is 2.34. The summed E-state index contributed by atoms with van der Waals surface area (Å²) in [5.74, 6) is 0.698. The average Bonchev–Trinajstić information content (AvgIpc) is 2.25. The first-order valence-corrected chi connectivity index (χ1v) is 5.96. The van der Waals surface area contributed by atoms with Gasteiger partial charge in [0.2, 0.25) is 0 Å². The summed E-state index contributed by atoms with van der Waals surface area (Å²) in [6, 6.07) is 8.72. The summed E-state index contributed by atoms with van der Waals surface area (Å²) >= 11 is 0. The van der Waals surface area contributed by atoms with Crippen molar-refractivity contribution in [2.75, 3.05) is 20.2 Å². The second kappa shape index (κ2) is 4.56. The molecule has 0 aliphatic heterocycles. The van der Waals surface area contributed by atoms with E-state index in [9.17, 15) is 0 Å². The van der Waals surface area contributed by atoms with E-state index in [1.54, 1.807) is 7.11 Å². The summed E-state index contributed by atoms with van der Waals surface area (Å²) in [5.41, 5.74) is 2.97. The van der Waals surface area contributed by atoms with Gasteiger partial charge < -0.3 is 10.1 Å². The van der Waals surface area contributed by atoms with E-state index in [2.05, 4.69) is 43.4 Å². The summed E-state index contributed by atoms with van der Waals surface area (Å²) in [6.45, 7) is 6.18. The molecule has 1 unspecified atom stereocenters. The SMILES string of the molecule is COC(C)(C)CNCC1Cc2ccccc21. The van der Waals surface area contributed by atoms with Gasteiger partial charge in [0.15, 0.2) is 0 Å². The molecule has 1 aromatic rings. The van der Waals surface area contributed by atoms with Crippen LogP contribution in [0.15, 0.2) is 24.3 Å². The topological polar surface area (TPSA) is 21.3 Å². The van der Waals surface area contributed by atoms with Gasteiger partial charge in [0.1, 0.15) is 0 Å². The quantitative estimate of drug-likeness (QED) is 0.820. The zero-order valence-electron chi connectivity index (χ0n) is 10.4. The van der Waals surface area contributed by atoms with E-state index in [4.69, 9.17) is 4.74 Å². The van der Waals surface area contributed by atoms with Crippen molar-refractivity contribution < 1.29 is 4.74 Å². The van der Waals surface area contributed by atoms with Crippen LogP contribution in [0.5, 0.6) is 0 Å². The summed E-state index contributed by atoms with van der Waals surface area (Å²) < 4.78 is 5.38. The minimum absolute atomic E-state index is 0.0662. The highest BCUT2D eigenvalue weighted by molar-refractivity contribution is 5.40. The van der Waals surface area contributed by atoms with Crippen molar-refractivity contribution in [1.82, 2.24) is 5.32 Å². The van der Waals surface area contributed by atoms with Crippen molar-refractivity contribution in [3.63, 3.8) is 0 Å². The second-order valence-electron chi connectivity index (χ2n) is 5.19. The molecule has 16 heavy (non-hydrogen) atoms. The largest absolute Gasteiger partial charge is 0.377 e. The summed E-state index contributed by atoms with van der Waals surface area (Å²) in [6.07, 6.45) is 1.22. The molecule has 0 saturated carbocycles. The monoisotopic (exact) mass is 219 g/mol. The number of fused-ring (bicyclic) bond motifs is 1. The Morgan fingerprint density at radius 1 is 1.38 bits per heavy atom. The summed E-state index contributed by atoms with van der Waals surface area (Å²) in [4.78, 5) is 0. The van der Waals surface area contributed by atoms with Crippen molar-refractivity contribution in [3.8, 4) is 0 Å². The van der Waals surface area contributed by atoms with E-state index < -0.39 is 0 Å². The zero-order valence-corrected chi connectivity index (χ0v) is 10.4. The van der Waals surface area contributed by atoms with Gasteiger partial charge >= 0.3 is 0 Å². The Hall–Kier alpha value is -0.860. The average molecular weight is 219 g/mol. The Morgan fingerprint density at radius 3 is 2.81 bits per heavy atom. The Balaban J connectivity index is 1.78. The van der Waals surface area contributed by atoms with Gasteiger partial charge in [-0.1, -0.05) is 24.3 Å². The number of methoxy groups -OCH3 is 1. The third kappa shape index (κ3) is 2.45. The van der Waals surface area contributed by atoms with Crippen LogP contribution < -0.4 is 5.32 Å². The van der Waals surface area contributed by atoms with E-state index in [0.717, 1.165) is 13.1 Å². The molecule has 1 aliphatic carbocycles. The van der Waals surface area contributed by atoms with Crippen molar-refractivity contribution in [2.45, 2.75) is 31.8 Å². The summed E-state index contributed by atoms with van der Waals surface area (Å²) in [7, 11) is 1.76. The lowest BCUT2D eigenvalue weighted by atomic mass is 9.77. The first-order valence-electron chi connectivity index (χ1n) is 5.96. The van der Waals surface area contributed by atoms with Crippen LogP contribution in [-0.4, -0.2) is 25.8 Å². The van der Waals surface area contributed by atoms with Crippen LogP contribution in [0.1, 0.15) is 30.9 Å². The lowest BCUT2D eigenvalue weighted by molar-refractivity contribution is 0.0230. The van der Waals surface area contributed by atoms with Crippen LogP contribution in [0.4, 0.5) is 0 Å². The fraction of sp³-hybridized carbons (Fsp3) is 0.571. The highest BCUT2D eigenvalue weighted by atomic mass is 16.5. The van der Waals surface area contributed by atoms with Crippen LogP contribution >= 0.6 is 0 Å². The standard InChI is InChI=1S/C14H21NO/c1-14(2,16-3)10-15-9-12-8-11-6-4-5-7-13(11)12/h4-7,12,15H,8-10H2,1-3H3. The van der Waals surface area contributed by atoms with Gasteiger partial charge in [-0.3, -0.25) is 0 Å². The van der Waals surface area contributed by atoms with Gasteiger partial charge in [-0.25, -0.2) is 0 Å². The van der Waals surface area contributed by atoms with Crippen LogP contribution in [0.3, 0.4) is 0 Å². The molecule has 0 spiro atoms. The Morgan fingerprint density at radius 2 is 2.12 bits per heavy atom. The molecule has 0 radical (unpaired) electrons. The molecule has 2 nitrogen and oxygen atoms in total. The maximum absolute atomic E-state index is 5.38. The van der Waals surface area contributed by atoms with E-state index in [1.807, 2.05) is 0 Å². The number of rotatable bonds is 5. The highest BCUT2D eigenvalue weighted by Crippen LogP contribution is 2.33. The molecule has 1 aliphatic rings. The van der Waals surface area contributed by atoms with Crippen molar-refractivity contribution >= 4 is 0 Å². The smallest absolute Gasteiger partial charge is 0.0746 e. The normalized spacial score (nSPS) is 19.1. The number of ether oxygens (including phenoxy) is 1. The minimum atomic E-state index is -0.0662. The van der Waals surface area contributed by atoms with E-state index >= 15 is 0 Å². The molecule has 0 heterocycles. The Bertz CT molecular complexity index is 360. The van der Waals surface area contributed by atoms with Gasteiger partial charge in [0.25, 0.3) is 0 Å². The number of benzene rings is 1. The van der Waals surface area contributed by atoms with Gasteiger partial charge in [-0.15, -0.1) is 0 Å². The molecule has 1 aromatic carbocycles. The molecule has 0 fully saturated rings. The molecule has 0 amide bonds. The van der Waals surface area contributed by atoms with Gasteiger partial charge in [-0.05, 0) is 31.4 Å². The molecule has 0 bridgehead atoms. The highest BCUT2D eigenvalue weighted by Gasteiger charge is 2.25. The molecule has 0 aromatic heterocycles. The molecular formula is C14H21NO. The maximum Gasteiger partial charge on any atom is 0.0746 e. The van der Waals surface area contributed by atoms with Crippen molar-refractivity contribution in [1.29, 1.82) is 0 Å². The van der Waals surface area contributed by atoms with Crippen LogP contribution in [0.2, 0.25) is 0 Å². The number of hydrogen-bond donors (Lipinski definition) is 1.